The maximum absolute atomic E-state index is 12.6. The van der Waals surface area contributed by atoms with Gasteiger partial charge in [-0.05, 0) is 38.5 Å². The van der Waals surface area contributed by atoms with Crippen molar-refractivity contribution in [2.45, 2.75) is 26.4 Å². The number of β-amino-alcohol motifs (C(OH)–C–C–N with tert-alkyl or cyclic N) is 1. The first kappa shape index (κ1) is 14.7. The fraction of sp³-hybridized carbons (Fsp3) is 0.438. The Labute approximate surface area is 129 Å². The molecule has 116 valence electrons. The number of likely N-dealkylation sites (tertiary alicyclic amines) is 1. The number of pyridine rings is 1. The number of aliphatic hydroxyl groups excluding tert-OH is 1. The number of amides is 1. The molecule has 2 atom stereocenters. The molecular weight excluding hydrogens is 280 g/mol. The van der Waals surface area contributed by atoms with E-state index in [1.807, 2.05) is 19.9 Å². The molecule has 0 saturated carbocycles. The molecule has 0 unspecified atom stereocenters. The van der Waals surface area contributed by atoms with Crippen molar-refractivity contribution in [2.75, 3.05) is 13.1 Å². The molecule has 22 heavy (non-hydrogen) atoms. The van der Waals surface area contributed by atoms with Crippen molar-refractivity contribution in [3.05, 3.63) is 47.0 Å². The predicted molar refractivity (Wildman–Crippen MR) is 81.4 cm³/mol. The highest BCUT2D eigenvalue weighted by Gasteiger charge is 2.35. The molecule has 3 rings (SSSR count). The zero-order valence-corrected chi connectivity index (χ0v) is 12.8. The number of aromatic amines is 1. The van der Waals surface area contributed by atoms with Gasteiger partial charge in [-0.3, -0.25) is 14.9 Å². The lowest BCUT2D eigenvalue weighted by molar-refractivity contribution is 0.0763. The Morgan fingerprint density at radius 2 is 2.27 bits per heavy atom. The standard InChI is InChI=1S/C16H20N4O2/c1-10-6-13(19-18-10)7-12-8-20(9-15(12)21)16(22)14-4-3-5-17-11(14)2/h3-6,12,15,21H,7-9H2,1-2H3,(H,18,19)/t12-,15-/m1/s1. The minimum atomic E-state index is -0.516. The Morgan fingerprint density at radius 3 is 2.95 bits per heavy atom. The summed E-state index contributed by atoms with van der Waals surface area (Å²) in [7, 11) is 0. The summed E-state index contributed by atoms with van der Waals surface area (Å²) < 4.78 is 0. The summed E-state index contributed by atoms with van der Waals surface area (Å²) >= 11 is 0. The van der Waals surface area contributed by atoms with Crippen molar-refractivity contribution < 1.29 is 9.90 Å². The number of nitrogens with one attached hydrogen (secondary N) is 1. The monoisotopic (exact) mass is 300 g/mol. The van der Waals surface area contributed by atoms with Crippen LogP contribution in [0.15, 0.2) is 24.4 Å². The highest BCUT2D eigenvalue weighted by Crippen LogP contribution is 2.23. The van der Waals surface area contributed by atoms with Crippen LogP contribution in [0.4, 0.5) is 0 Å². The SMILES string of the molecule is Cc1cc(C[C@@H]2CN(C(=O)c3cccnc3C)C[C@H]2O)n[nH]1. The molecule has 0 bridgehead atoms. The number of H-pyrrole nitrogens is 1. The zero-order valence-electron chi connectivity index (χ0n) is 12.8. The summed E-state index contributed by atoms with van der Waals surface area (Å²) in [6.45, 7) is 4.67. The number of carbonyl (C=O) groups is 1. The molecule has 6 nitrogen and oxygen atoms in total. The van der Waals surface area contributed by atoms with E-state index in [0.29, 0.717) is 30.8 Å². The van der Waals surface area contributed by atoms with Gasteiger partial charge in [0.15, 0.2) is 0 Å². The van der Waals surface area contributed by atoms with E-state index in [9.17, 15) is 9.90 Å². The van der Waals surface area contributed by atoms with Crippen molar-refractivity contribution >= 4 is 5.91 Å². The van der Waals surface area contributed by atoms with Gasteiger partial charge in [0.1, 0.15) is 0 Å². The molecule has 0 aliphatic carbocycles. The number of carbonyl (C=O) groups excluding carboxylic acids is 1. The largest absolute Gasteiger partial charge is 0.391 e. The number of aliphatic hydroxyl groups is 1. The van der Waals surface area contributed by atoms with Gasteiger partial charge >= 0.3 is 0 Å². The Morgan fingerprint density at radius 1 is 1.45 bits per heavy atom. The third-order valence-electron chi connectivity index (χ3n) is 4.16. The molecule has 1 fully saturated rings. The van der Waals surface area contributed by atoms with Gasteiger partial charge in [-0.2, -0.15) is 5.10 Å². The third kappa shape index (κ3) is 2.87. The van der Waals surface area contributed by atoms with E-state index in [1.165, 1.54) is 0 Å². The quantitative estimate of drug-likeness (QED) is 0.889. The van der Waals surface area contributed by atoms with Gasteiger partial charge in [-0.25, -0.2) is 0 Å². The van der Waals surface area contributed by atoms with Crippen LogP contribution in [0.1, 0.15) is 27.4 Å². The lowest BCUT2D eigenvalue weighted by atomic mass is 10.0. The second kappa shape index (κ2) is 5.88. The maximum Gasteiger partial charge on any atom is 0.255 e. The molecule has 6 heteroatoms. The van der Waals surface area contributed by atoms with Crippen LogP contribution in [-0.2, 0) is 6.42 Å². The highest BCUT2D eigenvalue weighted by molar-refractivity contribution is 5.95. The molecule has 1 aliphatic rings. The van der Waals surface area contributed by atoms with Gasteiger partial charge < -0.3 is 10.0 Å². The number of hydrogen-bond acceptors (Lipinski definition) is 4. The number of nitrogens with zero attached hydrogens (tertiary/aromatic N) is 3. The van der Waals surface area contributed by atoms with E-state index in [-0.39, 0.29) is 11.8 Å². The minimum absolute atomic E-state index is 0.0172. The van der Waals surface area contributed by atoms with Crippen molar-refractivity contribution in [2.24, 2.45) is 5.92 Å². The molecule has 2 aromatic rings. The molecule has 1 saturated heterocycles. The van der Waals surface area contributed by atoms with Crippen LogP contribution in [0.2, 0.25) is 0 Å². The first-order valence-electron chi connectivity index (χ1n) is 7.44. The normalized spacial score (nSPS) is 21.3. The molecular formula is C16H20N4O2. The molecule has 3 heterocycles. The molecule has 0 radical (unpaired) electrons. The van der Waals surface area contributed by atoms with Gasteiger partial charge in [0, 0.05) is 36.6 Å². The number of aromatic nitrogens is 3. The van der Waals surface area contributed by atoms with E-state index < -0.39 is 6.10 Å². The van der Waals surface area contributed by atoms with Crippen LogP contribution in [-0.4, -0.2) is 50.3 Å². The molecule has 2 N–H and O–H groups in total. The first-order valence-corrected chi connectivity index (χ1v) is 7.44. The number of aryl methyl sites for hydroxylation is 2. The van der Waals surface area contributed by atoms with Gasteiger partial charge in [-0.15, -0.1) is 0 Å². The summed E-state index contributed by atoms with van der Waals surface area (Å²) in [5.74, 6) is -0.0472. The van der Waals surface area contributed by atoms with Gasteiger partial charge in [0.2, 0.25) is 0 Å². The van der Waals surface area contributed by atoms with Crippen molar-refractivity contribution in [3.8, 4) is 0 Å². The number of hydrogen-bond donors (Lipinski definition) is 2. The lowest BCUT2D eigenvalue weighted by Gasteiger charge is -2.16. The van der Waals surface area contributed by atoms with E-state index in [4.69, 9.17) is 0 Å². The van der Waals surface area contributed by atoms with Crippen LogP contribution in [0.3, 0.4) is 0 Å². The molecule has 1 amide bonds. The first-order chi connectivity index (χ1) is 10.5. The Hall–Kier alpha value is -2.21. The fourth-order valence-electron chi connectivity index (χ4n) is 2.95. The molecule has 1 aliphatic heterocycles. The fourth-order valence-corrected chi connectivity index (χ4v) is 2.95. The topological polar surface area (TPSA) is 82.1 Å². The molecule has 2 aromatic heterocycles. The highest BCUT2D eigenvalue weighted by atomic mass is 16.3. The van der Waals surface area contributed by atoms with Crippen LogP contribution >= 0.6 is 0 Å². The lowest BCUT2D eigenvalue weighted by Crippen LogP contribution is -2.30. The van der Waals surface area contributed by atoms with Gasteiger partial charge in [-0.1, -0.05) is 0 Å². The minimum Gasteiger partial charge on any atom is -0.391 e. The summed E-state index contributed by atoms with van der Waals surface area (Å²) in [6.07, 6.45) is 1.83. The van der Waals surface area contributed by atoms with E-state index in [2.05, 4.69) is 15.2 Å². The summed E-state index contributed by atoms with van der Waals surface area (Å²) in [5.41, 5.74) is 3.24. The van der Waals surface area contributed by atoms with Crippen molar-refractivity contribution in [1.82, 2.24) is 20.1 Å². The molecule has 0 spiro atoms. The van der Waals surface area contributed by atoms with Gasteiger partial charge in [0.25, 0.3) is 5.91 Å². The van der Waals surface area contributed by atoms with Crippen molar-refractivity contribution in [1.29, 1.82) is 0 Å². The van der Waals surface area contributed by atoms with Gasteiger partial charge in [0.05, 0.1) is 17.4 Å². The summed E-state index contributed by atoms with van der Waals surface area (Å²) in [4.78, 5) is 18.4. The number of rotatable bonds is 3. The second-order valence-corrected chi connectivity index (χ2v) is 5.92. The smallest absolute Gasteiger partial charge is 0.255 e. The third-order valence-corrected chi connectivity index (χ3v) is 4.16. The Kier molecular flexibility index (Phi) is 3.94. The average Bonchev–Trinajstić information content (AvgIpc) is 3.06. The molecule has 0 aromatic carbocycles. The Balaban J connectivity index is 1.70. The van der Waals surface area contributed by atoms with Crippen molar-refractivity contribution in [3.63, 3.8) is 0 Å². The second-order valence-electron chi connectivity index (χ2n) is 5.92. The van der Waals surface area contributed by atoms with Crippen LogP contribution in [0, 0.1) is 19.8 Å². The van der Waals surface area contributed by atoms with E-state index in [1.54, 1.807) is 23.2 Å². The van der Waals surface area contributed by atoms with E-state index in [0.717, 1.165) is 11.4 Å². The Bertz CT molecular complexity index is 682. The zero-order chi connectivity index (χ0) is 15.7. The summed E-state index contributed by atoms with van der Waals surface area (Å²) in [6, 6.07) is 5.51. The van der Waals surface area contributed by atoms with E-state index >= 15 is 0 Å². The van der Waals surface area contributed by atoms with Crippen LogP contribution < -0.4 is 0 Å². The maximum atomic E-state index is 12.6. The predicted octanol–water partition coefficient (Wildman–Crippen LogP) is 1.10. The average molecular weight is 300 g/mol. The van der Waals surface area contributed by atoms with Crippen LogP contribution in [0.25, 0.3) is 0 Å². The van der Waals surface area contributed by atoms with Crippen LogP contribution in [0.5, 0.6) is 0 Å². The summed E-state index contributed by atoms with van der Waals surface area (Å²) in [5, 5.41) is 17.4.